The van der Waals surface area contributed by atoms with Crippen molar-refractivity contribution in [2.24, 2.45) is 0 Å². The molecule has 0 amide bonds. The van der Waals surface area contributed by atoms with Crippen LogP contribution in [-0.4, -0.2) is 19.4 Å². The Balaban J connectivity index is 3.18. The van der Waals surface area contributed by atoms with Crippen LogP contribution in [0.3, 0.4) is 0 Å². The van der Waals surface area contributed by atoms with Crippen LogP contribution in [0.25, 0.3) is 0 Å². The molecule has 0 aliphatic carbocycles. The maximum absolute atomic E-state index is 11.6. The zero-order chi connectivity index (χ0) is 23.4. The van der Waals surface area contributed by atoms with Crippen molar-refractivity contribution in [2.45, 2.75) is 155 Å². The molecule has 0 spiro atoms. The Labute approximate surface area is 201 Å². The van der Waals surface area contributed by atoms with Crippen molar-refractivity contribution < 1.29 is 14.3 Å². The van der Waals surface area contributed by atoms with Gasteiger partial charge in [-0.2, -0.15) is 0 Å². The van der Waals surface area contributed by atoms with Crippen LogP contribution in [-0.2, 0) is 9.47 Å². The van der Waals surface area contributed by atoms with Gasteiger partial charge in [0, 0.05) is 0 Å². The zero-order valence-corrected chi connectivity index (χ0v) is 21.9. The minimum absolute atomic E-state index is 0.485. The summed E-state index contributed by atoms with van der Waals surface area (Å²) in [7, 11) is 0. The molecule has 0 radical (unpaired) electrons. The molecule has 32 heavy (non-hydrogen) atoms. The summed E-state index contributed by atoms with van der Waals surface area (Å²) in [5.74, 6) is 0. The zero-order valence-electron chi connectivity index (χ0n) is 21.9. The number of unbranched alkanes of at least 4 members (excludes halogenated alkanes) is 19. The first kappa shape index (κ1) is 31.0. The number of ether oxygens (including phenoxy) is 2. The monoisotopic (exact) mass is 452 g/mol. The van der Waals surface area contributed by atoms with Crippen molar-refractivity contribution in [1.29, 1.82) is 0 Å². The highest BCUT2D eigenvalue weighted by Crippen LogP contribution is 2.11. The molecule has 0 aromatic rings. The Bertz CT molecular complexity index is 392. The number of hydrogen-bond acceptors (Lipinski definition) is 3. The lowest BCUT2D eigenvalue weighted by Crippen LogP contribution is -2.09. The summed E-state index contributed by atoms with van der Waals surface area (Å²) in [5.41, 5.74) is 0. The van der Waals surface area contributed by atoms with Gasteiger partial charge in [-0.1, -0.05) is 129 Å². The predicted octanol–water partition coefficient (Wildman–Crippen LogP) is 10.3. The van der Waals surface area contributed by atoms with Crippen LogP contribution >= 0.6 is 0 Å². The average Bonchev–Trinajstić information content (AvgIpc) is 2.80. The maximum atomic E-state index is 11.6. The summed E-state index contributed by atoms with van der Waals surface area (Å²) in [6.45, 7) is 5.52. The fourth-order valence-corrected chi connectivity index (χ4v) is 3.94. The molecular formula is C29H56O3. The lowest BCUT2D eigenvalue weighted by Gasteiger charge is -2.06. The van der Waals surface area contributed by atoms with E-state index in [4.69, 9.17) is 9.47 Å². The Morgan fingerprint density at radius 1 is 0.469 bits per heavy atom. The van der Waals surface area contributed by atoms with E-state index in [1.807, 2.05) is 0 Å². The number of carbonyl (C=O) groups is 1. The number of rotatable bonds is 25. The van der Waals surface area contributed by atoms with Crippen molar-refractivity contribution in [3.8, 4) is 0 Å². The van der Waals surface area contributed by atoms with E-state index < -0.39 is 6.16 Å². The van der Waals surface area contributed by atoms with Crippen LogP contribution in [0, 0.1) is 0 Å². The van der Waals surface area contributed by atoms with E-state index in [2.05, 4.69) is 26.0 Å². The first-order valence-electron chi connectivity index (χ1n) is 14.3. The number of hydrogen-bond donors (Lipinski definition) is 0. The highest BCUT2D eigenvalue weighted by Gasteiger charge is 2.03. The molecule has 3 nitrogen and oxygen atoms in total. The molecule has 0 aliphatic heterocycles. The second-order valence-electron chi connectivity index (χ2n) is 9.36. The molecule has 3 heteroatoms. The van der Waals surface area contributed by atoms with Gasteiger partial charge in [0.05, 0.1) is 13.2 Å². The molecule has 0 fully saturated rings. The molecule has 0 bridgehead atoms. The van der Waals surface area contributed by atoms with E-state index in [1.165, 1.54) is 116 Å². The molecule has 0 saturated carbocycles. The van der Waals surface area contributed by atoms with E-state index in [0.717, 1.165) is 25.7 Å². The smallest absolute Gasteiger partial charge is 0.434 e. The Hall–Kier alpha value is -0.990. The van der Waals surface area contributed by atoms with Gasteiger partial charge in [0.2, 0.25) is 0 Å². The summed E-state index contributed by atoms with van der Waals surface area (Å²) in [5, 5.41) is 0. The third-order valence-electron chi connectivity index (χ3n) is 6.09. The number of carbonyl (C=O) groups excluding carboxylic acids is 1. The minimum atomic E-state index is -0.485. The first-order chi connectivity index (χ1) is 15.8. The molecular weight excluding hydrogens is 396 g/mol. The SMILES string of the molecule is CCCCCCCCC=CCCCCCCCCOC(=O)OCCCCCCCCCC. The van der Waals surface area contributed by atoms with E-state index >= 15 is 0 Å². The van der Waals surface area contributed by atoms with Crippen LogP contribution in [0.5, 0.6) is 0 Å². The normalized spacial score (nSPS) is 11.3. The van der Waals surface area contributed by atoms with Gasteiger partial charge in [-0.15, -0.1) is 0 Å². The van der Waals surface area contributed by atoms with Crippen LogP contribution in [0.15, 0.2) is 12.2 Å². The standard InChI is InChI=1S/C29H56O3/c1-3-5-7-9-11-13-14-15-16-17-18-19-20-22-24-26-28-32-29(30)31-27-25-23-21-12-10-8-6-4-2/h15-16H,3-14,17-28H2,1-2H3. The van der Waals surface area contributed by atoms with E-state index in [9.17, 15) is 4.79 Å². The lowest BCUT2D eigenvalue weighted by atomic mass is 10.1. The fourth-order valence-electron chi connectivity index (χ4n) is 3.94. The van der Waals surface area contributed by atoms with Gasteiger partial charge in [-0.25, -0.2) is 4.79 Å². The fraction of sp³-hybridized carbons (Fsp3) is 0.897. The summed E-state index contributed by atoms with van der Waals surface area (Å²) in [6, 6.07) is 0. The Morgan fingerprint density at radius 3 is 1.16 bits per heavy atom. The molecule has 190 valence electrons. The van der Waals surface area contributed by atoms with Crippen LogP contribution in [0.1, 0.15) is 155 Å². The van der Waals surface area contributed by atoms with Gasteiger partial charge in [0.1, 0.15) is 0 Å². The molecule has 0 heterocycles. The van der Waals surface area contributed by atoms with E-state index in [0.29, 0.717) is 13.2 Å². The quantitative estimate of drug-likeness (QED) is 0.0784. The van der Waals surface area contributed by atoms with Gasteiger partial charge in [-0.05, 0) is 38.5 Å². The first-order valence-corrected chi connectivity index (χ1v) is 14.3. The minimum Gasteiger partial charge on any atom is -0.434 e. The molecule has 0 unspecified atom stereocenters. The average molecular weight is 453 g/mol. The van der Waals surface area contributed by atoms with E-state index in [1.54, 1.807) is 0 Å². The molecule has 0 N–H and O–H groups in total. The van der Waals surface area contributed by atoms with E-state index in [-0.39, 0.29) is 0 Å². The maximum Gasteiger partial charge on any atom is 0.508 e. The summed E-state index contributed by atoms with van der Waals surface area (Å²) in [6.07, 6.45) is 32.3. The molecule has 0 aromatic heterocycles. The largest absolute Gasteiger partial charge is 0.508 e. The molecule has 0 atom stereocenters. The van der Waals surface area contributed by atoms with Crippen LogP contribution < -0.4 is 0 Å². The van der Waals surface area contributed by atoms with Crippen LogP contribution in [0.4, 0.5) is 4.79 Å². The highest BCUT2D eigenvalue weighted by molar-refractivity contribution is 5.59. The van der Waals surface area contributed by atoms with Crippen LogP contribution in [0.2, 0.25) is 0 Å². The summed E-state index contributed by atoms with van der Waals surface area (Å²) < 4.78 is 10.3. The molecule has 0 aromatic carbocycles. The third kappa shape index (κ3) is 27.0. The van der Waals surface area contributed by atoms with Crippen molar-refractivity contribution in [1.82, 2.24) is 0 Å². The molecule has 0 aliphatic rings. The third-order valence-corrected chi connectivity index (χ3v) is 6.09. The van der Waals surface area contributed by atoms with Gasteiger partial charge < -0.3 is 9.47 Å². The summed E-state index contributed by atoms with van der Waals surface area (Å²) in [4.78, 5) is 11.6. The Kier molecular flexibility index (Phi) is 27.2. The van der Waals surface area contributed by atoms with Gasteiger partial charge in [-0.3, -0.25) is 0 Å². The second kappa shape index (κ2) is 28.0. The highest BCUT2D eigenvalue weighted by atomic mass is 16.7. The van der Waals surface area contributed by atoms with Crippen molar-refractivity contribution in [3.05, 3.63) is 12.2 Å². The Morgan fingerprint density at radius 2 is 0.781 bits per heavy atom. The van der Waals surface area contributed by atoms with Crippen molar-refractivity contribution >= 4 is 6.16 Å². The second-order valence-corrected chi connectivity index (χ2v) is 9.36. The number of allylic oxidation sites excluding steroid dienone is 2. The van der Waals surface area contributed by atoms with Crippen molar-refractivity contribution in [3.63, 3.8) is 0 Å². The predicted molar refractivity (Wildman–Crippen MR) is 139 cm³/mol. The van der Waals surface area contributed by atoms with Gasteiger partial charge >= 0.3 is 6.16 Å². The molecule has 0 saturated heterocycles. The van der Waals surface area contributed by atoms with Gasteiger partial charge in [0.25, 0.3) is 0 Å². The lowest BCUT2D eigenvalue weighted by molar-refractivity contribution is 0.0529. The van der Waals surface area contributed by atoms with Crippen molar-refractivity contribution in [2.75, 3.05) is 13.2 Å². The van der Waals surface area contributed by atoms with Gasteiger partial charge in [0.15, 0.2) is 0 Å². The molecule has 0 rings (SSSR count). The topological polar surface area (TPSA) is 35.5 Å². The summed E-state index contributed by atoms with van der Waals surface area (Å²) >= 11 is 0.